The van der Waals surface area contributed by atoms with Gasteiger partial charge in [-0.05, 0) is 24.7 Å². The molecule has 0 spiro atoms. The average Bonchev–Trinajstić information content (AvgIpc) is 1.97. The van der Waals surface area contributed by atoms with E-state index < -0.39 is 12.3 Å². The lowest BCUT2D eigenvalue weighted by molar-refractivity contribution is 0.0550. The van der Waals surface area contributed by atoms with E-state index in [1.165, 1.54) is 0 Å². The molecule has 0 radical (unpaired) electrons. The fraction of sp³-hybridized carbons (Fsp3) is 1.00. The summed E-state index contributed by atoms with van der Waals surface area (Å²) >= 11 is 0. The Bertz CT molecular complexity index is 125. The molecule has 0 bridgehead atoms. The normalized spacial score (nSPS) is 45.8. The summed E-state index contributed by atoms with van der Waals surface area (Å²) in [5, 5.41) is 0. The number of rotatable bonds is 1. The van der Waals surface area contributed by atoms with Crippen molar-refractivity contribution in [3.8, 4) is 0 Å². The first-order valence-corrected chi connectivity index (χ1v) is 4.43. The van der Waals surface area contributed by atoms with Crippen LogP contribution in [0.15, 0.2) is 0 Å². The topological polar surface area (TPSA) is 0 Å². The Morgan fingerprint density at radius 3 is 2.27 bits per heavy atom. The Morgan fingerprint density at radius 1 is 1.18 bits per heavy atom. The van der Waals surface area contributed by atoms with E-state index >= 15 is 0 Å². The van der Waals surface area contributed by atoms with Gasteiger partial charge in [0.2, 0.25) is 0 Å². The van der Waals surface area contributed by atoms with Crippen molar-refractivity contribution in [2.75, 3.05) is 0 Å². The standard InChI is InChI=1S/C9H16F2/c1-3-7-5-9(11)8(10)4-6(7)2/h6-9H,3-5H2,1-2H3/t6?,7?,8-,9?/m1/s1. The van der Waals surface area contributed by atoms with E-state index in [0.717, 1.165) is 6.42 Å². The maximum Gasteiger partial charge on any atom is 0.131 e. The van der Waals surface area contributed by atoms with Crippen LogP contribution in [0.5, 0.6) is 0 Å². The lowest BCUT2D eigenvalue weighted by Crippen LogP contribution is -2.32. The molecule has 3 unspecified atom stereocenters. The molecule has 1 aliphatic rings. The minimum atomic E-state index is -1.20. The third kappa shape index (κ3) is 1.91. The van der Waals surface area contributed by atoms with Gasteiger partial charge in [0.05, 0.1) is 0 Å². The van der Waals surface area contributed by atoms with Gasteiger partial charge in [0.15, 0.2) is 0 Å². The van der Waals surface area contributed by atoms with Crippen LogP contribution in [0.1, 0.15) is 33.1 Å². The Morgan fingerprint density at radius 2 is 1.73 bits per heavy atom. The molecule has 0 N–H and O–H groups in total. The predicted molar refractivity (Wildman–Crippen MR) is 42.0 cm³/mol. The summed E-state index contributed by atoms with van der Waals surface area (Å²) in [7, 11) is 0. The van der Waals surface area contributed by atoms with E-state index in [1.807, 2.05) is 13.8 Å². The van der Waals surface area contributed by atoms with Crippen molar-refractivity contribution in [2.24, 2.45) is 11.8 Å². The molecule has 0 heterocycles. The maximum absolute atomic E-state index is 12.8. The highest BCUT2D eigenvalue weighted by atomic mass is 19.2. The molecule has 1 aliphatic carbocycles. The van der Waals surface area contributed by atoms with Crippen LogP contribution >= 0.6 is 0 Å². The predicted octanol–water partition coefficient (Wildman–Crippen LogP) is 3.12. The fourth-order valence-electron chi connectivity index (χ4n) is 1.93. The van der Waals surface area contributed by atoms with Crippen molar-refractivity contribution in [3.05, 3.63) is 0 Å². The second kappa shape index (κ2) is 3.51. The lowest BCUT2D eigenvalue weighted by atomic mass is 9.77. The van der Waals surface area contributed by atoms with Gasteiger partial charge in [-0.3, -0.25) is 0 Å². The molecule has 0 aromatic carbocycles. The Labute approximate surface area is 67.0 Å². The van der Waals surface area contributed by atoms with Crippen molar-refractivity contribution in [2.45, 2.75) is 45.5 Å². The second-order valence-corrected chi connectivity index (χ2v) is 3.65. The molecule has 11 heavy (non-hydrogen) atoms. The van der Waals surface area contributed by atoms with Crippen LogP contribution in [-0.2, 0) is 0 Å². The minimum absolute atomic E-state index is 0.363. The molecule has 4 atom stereocenters. The highest BCUT2D eigenvalue weighted by Crippen LogP contribution is 2.35. The maximum atomic E-state index is 12.8. The molecule has 0 aromatic rings. The molecule has 1 fully saturated rings. The number of hydrogen-bond acceptors (Lipinski definition) is 0. The second-order valence-electron chi connectivity index (χ2n) is 3.65. The molecule has 0 aromatic heterocycles. The highest BCUT2D eigenvalue weighted by molar-refractivity contribution is 4.83. The van der Waals surface area contributed by atoms with Crippen LogP contribution in [0, 0.1) is 11.8 Å². The zero-order valence-corrected chi connectivity index (χ0v) is 7.19. The van der Waals surface area contributed by atoms with Gasteiger partial charge in [0.1, 0.15) is 12.3 Å². The first-order chi connectivity index (χ1) is 5.15. The van der Waals surface area contributed by atoms with Crippen LogP contribution in [0.25, 0.3) is 0 Å². The third-order valence-electron chi connectivity index (χ3n) is 2.85. The summed E-state index contributed by atoms with van der Waals surface area (Å²) in [4.78, 5) is 0. The zero-order chi connectivity index (χ0) is 8.43. The first kappa shape index (κ1) is 8.95. The summed E-state index contributed by atoms with van der Waals surface area (Å²) in [5.41, 5.74) is 0. The van der Waals surface area contributed by atoms with E-state index in [-0.39, 0.29) is 0 Å². The summed E-state index contributed by atoms with van der Waals surface area (Å²) in [6.45, 7) is 4.07. The largest absolute Gasteiger partial charge is 0.244 e. The summed E-state index contributed by atoms with van der Waals surface area (Å²) in [6, 6.07) is 0. The highest BCUT2D eigenvalue weighted by Gasteiger charge is 2.34. The molecule has 0 aliphatic heterocycles. The number of alkyl halides is 2. The Balaban J connectivity index is 2.48. The van der Waals surface area contributed by atoms with Crippen molar-refractivity contribution in [1.29, 1.82) is 0 Å². The third-order valence-corrected chi connectivity index (χ3v) is 2.85. The molecule has 0 amide bonds. The molecule has 1 saturated carbocycles. The van der Waals surface area contributed by atoms with Crippen LogP contribution in [0.4, 0.5) is 8.78 Å². The zero-order valence-electron chi connectivity index (χ0n) is 7.19. The van der Waals surface area contributed by atoms with Gasteiger partial charge < -0.3 is 0 Å². The van der Waals surface area contributed by atoms with Crippen LogP contribution in [-0.4, -0.2) is 12.3 Å². The number of hydrogen-bond donors (Lipinski definition) is 0. The van der Waals surface area contributed by atoms with Crippen LogP contribution in [0.3, 0.4) is 0 Å². The average molecular weight is 162 g/mol. The van der Waals surface area contributed by atoms with Gasteiger partial charge in [-0.1, -0.05) is 20.3 Å². The van der Waals surface area contributed by atoms with Crippen molar-refractivity contribution < 1.29 is 8.78 Å². The van der Waals surface area contributed by atoms with E-state index in [1.54, 1.807) is 0 Å². The first-order valence-electron chi connectivity index (χ1n) is 4.43. The number of halogens is 2. The van der Waals surface area contributed by atoms with Crippen molar-refractivity contribution in [3.63, 3.8) is 0 Å². The molecule has 1 rings (SSSR count). The summed E-state index contributed by atoms with van der Waals surface area (Å²) in [6.07, 6.45) is -0.573. The van der Waals surface area contributed by atoms with E-state index in [9.17, 15) is 8.78 Å². The van der Waals surface area contributed by atoms with Gasteiger partial charge in [0.25, 0.3) is 0 Å². The minimum Gasteiger partial charge on any atom is -0.244 e. The van der Waals surface area contributed by atoms with Crippen molar-refractivity contribution >= 4 is 0 Å². The molecular formula is C9H16F2. The fourth-order valence-corrected chi connectivity index (χ4v) is 1.93. The van der Waals surface area contributed by atoms with Gasteiger partial charge in [0, 0.05) is 0 Å². The molecule has 0 nitrogen and oxygen atoms in total. The molecule has 66 valence electrons. The molecule has 0 saturated heterocycles. The van der Waals surface area contributed by atoms with Crippen molar-refractivity contribution in [1.82, 2.24) is 0 Å². The van der Waals surface area contributed by atoms with Gasteiger partial charge in [-0.2, -0.15) is 0 Å². The quantitative estimate of drug-likeness (QED) is 0.555. The van der Waals surface area contributed by atoms with Crippen LogP contribution in [0.2, 0.25) is 0 Å². The van der Waals surface area contributed by atoms with Gasteiger partial charge in [-0.25, -0.2) is 8.78 Å². The van der Waals surface area contributed by atoms with E-state index in [0.29, 0.717) is 24.7 Å². The Hall–Kier alpha value is -0.140. The van der Waals surface area contributed by atoms with Gasteiger partial charge in [-0.15, -0.1) is 0 Å². The summed E-state index contributed by atoms with van der Waals surface area (Å²) < 4.78 is 25.6. The van der Waals surface area contributed by atoms with Crippen LogP contribution < -0.4 is 0 Å². The monoisotopic (exact) mass is 162 g/mol. The summed E-state index contributed by atoms with van der Waals surface area (Å²) in [5.74, 6) is 0.763. The molecular weight excluding hydrogens is 146 g/mol. The van der Waals surface area contributed by atoms with E-state index in [2.05, 4.69) is 0 Å². The Kier molecular flexibility index (Phi) is 2.85. The smallest absolute Gasteiger partial charge is 0.131 e. The SMILES string of the molecule is CCC1CC(F)[C@H](F)CC1C. The van der Waals surface area contributed by atoms with Gasteiger partial charge >= 0.3 is 0 Å². The molecule has 2 heteroatoms. The lowest BCUT2D eigenvalue weighted by Gasteiger charge is -2.32. The van der Waals surface area contributed by atoms with E-state index in [4.69, 9.17) is 0 Å².